The van der Waals surface area contributed by atoms with Crippen molar-refractivity contribution in [3.63, 3.8) is 0 Å². The van der Waals surface area contributed by atoms with Crippen molar-refractivity contribution in [1.82, 2.24) is 10.5 Å². The van der Waals surface area contributed by atoms with E-state index >= 15 is 0 Å². The van der Waals surface area contributed by atoms with Crippen LogP contribution in [0.2, 0.25) is 0 Å². The number of hydrogen-bond donors (Lipinski definition) is 1. The fourth-order valence-electron chi connectivity index (χ4n) is 2.39. The zero-order valence-corrected chi connectivity index (χ0v) is 14.3. The molecule has 0 atom stereocenters. The molecule has 0 saturated heterocycles. The molecule has 0 spiro atoms. The van der Waals surface area contributed by atoms with Gasteiger partial charge < -0.3 is 19.3 Å². The van der Waals surface area contributed by atoms with E-state index in [4.69, 9.17) is 14.0 Å². The number of ether oxygens (including phenoxy) is 2. The summed E-state index contributed by atoms with van der Waals surface area (Å²) in [4.78, 5) is 12.0. The Bertz CT molecular complexity index is 953. The molecule has 1 heterocycles. The number of para-hydroxylation sites is 3. The predicted octanol–water partition coefficient (Wildman–Crippen LogP) is 2.58. The largest absolute Gasteiger partial charge is 0.493 e. The number of amides is 1. The van der Waals surface area contributed by atoms with Gasteiger partial charge in [0, 0.05) is 5.39 Å². The van der Waals surface area contributed by atoms with E-state index in [2.05, 4.69) is 22.3 Å². The molecule has 0 aliphatic heterocycles. The summed E-state index contributed by atoms with van der Waals surface area (Å²) >= 11 is 0. The van der Waals surface area contributed by atoms with Gasteiger partial charge in [-0.2, -0.15) is 0 Å². The van der Waals surface area contributed by atoms with Gasteiger partial charge in [-0.25, -0.2) is 0 Å². The Morgan fingerprint density at radius 1 is 1.12 bits per heavy atom. The molecule has 26 heavy (non-hydrogen) atoms. The van der Waals surface area contributed by atoms with Crippen LogP contribution in [0.3, 0.4) is 0 Å². The summed E-state index contributed by atoms with van der Waals surface area (Å²) in [6.45, 7) is 0.452. The van der Waals surface area contributed by atoms with Gasteiger partial charge in [0.15, 0.2) is 17.1 Å². The van der Waals surface area contributed by atoms with Gasteiger partial charge in [-0.05, 0) is 24.3 Å². The summed E-state index contributed by atoms with van der Waals surface area (Å²) in [5.74, 6) is 6.82. The van der Waals surface area contributed by atoms with E-state index in [-0.39, 0.29) is 25.5 Å². The molecule has 2 aromatic carbocycles. The molecule has 0 aliphatic carbocycles. The molecule has 6 heteroatoms. The van der Waals surface area contributed by atoms with Crippen molar-refractivity contribution in [3.8, 4) is 23.3 Å². The molecule has 0 unspecified atom stereocenters. The molecule has 1 amide bonds. The number of carbonyl (C=O) groups excluding carboxylic acids is 1. The van der Waals surface area contributed by atoms with E-state index in [0.717, 1.165) is 5.39 Å². The average molecular weight is 350 g/mol. The average Bonchev–Trinajstić information content (AvgIpc) is 3.08. The van der Waals surface area contributed by atoms with Gasteiger partial charge in [-0.1, -0.05) is 41.3 Å². The number of nitrogens with one attached hydrogen (secondary N) is 1. The van der Waals surface area contributed by atoms with Crippen LogP contribution in [-0.4, -0.2) is 31.3 Å². The predicted molar refractivity (Wildman–Crippen MR) is 97.0 cm³/mol. The molecule has 1 aromatic heterocycles. The number of methoxy groups -OCH3 is 1. The highest BCUT2D eigenvalue weighted by molar-refractivity contribution is 5.86. The minimum Gasteiger partial charge on any atom is -0.493 e. The summed E-state index contributed by atoms with van der Waals surface area (Å²) in [6, 6.07) is 14.8. The second kappa shape index (κ2) is 8.58. The van der Waals surface area contributed by atoms with Crippen LogP contribution >= 0.6 is 0 Å². The topological polar surface area (TPSA) is 73.6 Å². The molecular formula is C20H18N2O4. The Labute approximate surface area is 151 Å². The van der Waals surface area contributed by atoms with Crippen LogP contribution in [0.25, 0.3) is 11.0 Å². The first-order valence-electron chi connectivity index (χ1n) is 8.09. The van der Waals surface area contributed by atoms with Gasteiger partial charge >= 0.3 is 0 Å². The molecule has 0 radical (unpaired) electrons. The third-order valence-electron chi connectivity index (χ3n) is 3.65. The Kier molecular flexibility index (Phi) is 5.73. The van der Waals surface area contributed by atoms with Crippen LogP contribution in [-0.2, 0) is 11.2 Å². The molecule has 0 fully saturated rings. The number of nitrogens with zero attached hydrogens (tertiary/aromatic N) is 1. The second-order valence-electron chi connectivity index (χ2n) is 5.37. The van der Waals surface area contributed by atoms with Crippen LogP contribution in [0.4, 0.5) is 0 Å². The second-order valence-corrected chi connectivity index (χ2v) is 5.37. The first kappa shape index (κ1) is 17.4. The van der Waals surface area contributed by atoms with Gasteiger partial charge in [0.05, 0.1) is 20.1 Å². The lowest BCUT2D eigenvalue weighted by molar-refractivity contribution is -0.120. The Balaban J connectivity index is 1.44. The van der Waals surface area contributed by atoms with Crippen molar-refractivity contribution in [1.29, 1.82) is 0 Å². The van der Waals surface area contributed by atoms with E-state index < -0.39 is 0 Å². The lowest BCUT2D eigenvalue weighted by Crippen LogP contribution is -2.25. The molecular weight excluding hydrogens is 332 g/mol. The van der Waals surface area contributed by atoms with Gasteiger partial charge in [0.25, 0.3) is 0 Å². The van der Waals surface area contributed by atoms with E-state index in [0.29, 0.717) is 22.8 Å². The molecule has 6 nitrogen and oxygen atoms in total. The number of fused-ring (bicyclic) bond motifs is 1. The number of aromatic nitrogens is 1. The highest BCUT2D eigenvalue weighted by Crippen LogP contribution is 2.25. The zero-order valence-electron chi connectivity index (χ0n) is 14.3. The van der Waals surface area contributed by atoms with Gasteiger partial charge in [0.1, 0.15) is 12.3 Å². The maximum absolute atomic E-state index is 12.0. The SMILES string of the molecule is COc1ccccc1OCC#CCNC(=O)Cc1noc2ccccc12. The Morgan fingerprint density at radius 2 is 1.88 bits per heavy atom. The third kappa shape index (κ3) is 4.33. The fraction of sp³-hybridized carbons (Fsp3) is 0.200. The van der Waals surface area contributed by atoms with Crippen LogP contribution in [0.15, 0.2) is 53.1 Å². The van der Waals surface area contributed by atoms with Crippen LogP contribution < -0.4 is 14.8 Å². The summed E-state index contributed by atoms with van der Waals surface area (Å²) in [5.41, 5.74) is 1.29. The standard InChI is InChI=1S/C20H18N2O4/c1-24-18-10-4-5-11-19(18)25-13-7-6-12-21-20(23)14-16-15-8-2-3-9-17(15)26-22-16/h2-5,8-11H,12-14H2,1H3,(H,21,23). The molecule has 0 saturated carbocycles. The summed E-state index contributed by atoms with van der Waals surface area (Å²) in [5, 5.41) is 7.52. The lowest BCUT2D eigenvalue weighted by atomic mass is 10.1. The molecule has 132 valence electrons. The van der Waals surface area contributed by atoms with Gasteiger partial charge in [-0.15, -0.1) is 0 Å². The first-order valence-corrected chi connectivity index (χ1v) is 8.09. The molecule has 3 rings (SSSR count). The molecule has 3 aromatic rings. The van der Waals surface area contributed by atoms with Crippen molar-refractivity contribution in [3.05, 3.63) is 54.2 Å². The van der Waals surface area contributed by atoms with Crippen molar-refractivity contribution in [2.45, 2.75) is 6.42 Å². The minimum absolute atomic E-state index is 0.149. The summed E-state index contributed by atoms with van der Waals surface area (Å²) < 4.78 is 15.9. The third-order valence-corrected chi connectivity index (χ3v) is 3.65. The minimum atomic E-state index is -0.163. The number of carbonyl (C=O) groups is 1. The van der Waals surface area contributed by atoms with Crippen LogP contribution in [0, 0.1) is 11.8 Å². The summed E-state index contributed by atoms with van der Waals surface area (Å²) in [6.07, 6.45) is 0.149. The van der Waals surface area contributed by atoms with E-state index in [1.54, 1.807) is 7.11 Å². The van der Waals surface area contributed by atoms with Crippen LogP contribution in [0.1, 0.15) is 5.69 Å². The Morgan fingerprint density at radius 3 is 2.73 bits per heavy atom. The number of benzene rings is 2. The monoisotopic (exact) mass is 350 g/mol. The van der Waals surface area contributed by atoms with E-state index in [1.807, 2.05) is 48.5 Å². The Hall–Kier alpha value is -3.46. The molecule has 1 N–H and O–H groups in total. The smallest absolute Gasteiger partial charge is 0.226 e. The van der Waals surface area contributed by atoms with Crippen LogP contribution in [0.5, 0.6) is 11.5 Å². The van der Waals surface area contributed by atoms with Crippen molar-refractivity contribution in [2.24, 2.45) is 0 Å². The zero-order chi connectivity index (χ0) is 18.2. The quantitative estimate of drug-likeness (QED) is 0.692. The molecule has 0 bridgehead atoms. The number of rotatable bonds is 6. The van der Waals surface area contributed by atoms with Crippen molar-refractivity contribution < 1.29 is 18.8 Å². The van der Waals surface area contributed by atoms with Crippen molar-refractivity contribution in [2.75, 3.05) is 20.3 Å². The highest BCUT2D eigenvalue weighted by Gasteiger charge is 2.11. The van der Waals surface area contributed by atoms with Crippen molar-refractivity contribution >= 4 is 16.9 Å². The normalized spacial score (nSPS) is 10.0. The molecule has 0 aliphatic rings. The number of hydrogen-bond acceptors (Lipinski definition) is 5. The fourth-order valence-corrected chi connectivity index (χ4v) is 2.39. The highest BCUT2D eigenvalue weighted by atomic mass is 16.5. The first-order chi connectivity index (χ1) is 12.8. The maximum Gasteiger partial charge on any atom is 0.226 e. The maximum atomic E-state index is 12.0. The lowest BCUT2D eigenvalue weighted by Gasteiger charge is -2.07. The van der Waals surface area contributed by atoms with E-state index in [1.165, 1.54) is 0 Å². The van der Waals surface area contributed by atoms with Gasteiger partial charge in [0.2, 0.25) is 5.91 Å². The summed E-state index contributed by atoms with van der Waals surface area (Å²) in [7, 11) is 1.58. The van der Waals surface area contributed by atoms with E-state index in [9.17, 15) is 4.79 Å². The van der Waals surface area contributed by atoms with Gasteiger partial charge in [-0.3, -0.25) is 4.79 Å².